The number of rotatable bonds is 8. The Balaban J connectivity index is 2.39. The molecule has 1 aromatic rings. The van der Waals surface area contributed by atoms with E-state index in [1.807, 2.05) is 31.3 Å². The van der Waals surface area contributed by atoms with E-state index in [1.165, 1.54) is 0 Å². The van der Waals surface area contributed by atoms with Crippen LogP contribution in [-0.2, 0) is 11.3 Å². The molecule has 1 rings (SSSR count). The molecule has 0 bridgehead atoms. The van der Waals surface area contributed by atoms with Gasteiger partial charge in [0.05, 0.1) is 7.05 Å². The van der Waals surface area contributed by atoms with Crippen LogP contribution in [0.4, 0.5) is 0 Å². The van der Waals surface area contributed by atoms with Gasteiger partial charge in [0.25, 0.3) is 11.8 Å². The fraction of sp³-hybridized carbons (Fsp3) is 0.529. The summed E-state index contributed by atoms with van der Waals surface area (Å²) < 4.78 is 0. The molecular formula is C17H28N3O2+. The number of carbonyl (C=O) groups is 2. The average Bonchev–Trinajstić information content (AvgIpc) is 2.46. The first-order valence-electron chi connectivity index (χ1n) is 7.81. The van der Waals surface area contributed by atoms with E-state index in [0.29, 0.717) is 18.0 Å². The van der Waals surface area contributed by atoms with Crippen molar-refractivity contribution in [1.82, 2.24) is 10.6 Å². The second kappa shape index (κ2) is 9.20. The van der Waals surface area contributed by atoms with Crippen LogP contribution in [-0.4, -0.2) is 39.0 Å². The van der Waals surface area contributed by atoms with Crippen LogP contribution in [0.25, 0.3) is 0 Å². The van der Waals surface area contributed by atoms with Crippen molar-refractivity contribution in [2.24, 2.45) is 5.92 Å². The lowest BCUT2D eigenvalue weighted by Crippen LogP contribution is -3.08. The van der Waals surface area contributed by atoms with E-state index in [1.54, 1.807) is 7.05 Å². The smallest absolute Gasteiger partial charge is 0.275 e. The molecule has 0 heterocycles. The van der Waals surface area contributed by atoms with Crippen molar-refractivity contribution in [3.63, 3.8) is 0 Å². The van der Waals surface area contributed by atoms with E-state index >= 15 is 0 Å². The number of nitrogens with one attached hydrogen (secondary N) is 3. The lowest BCUT2D eigenvalue weighted by Gasteiger charge is -2.14. The second-order valence-electron chi connectivity index (χ2n) is 6.12. The number of carbonyl (C=O) groups excluding carboxylic acids is 2. The van der Waals surface area contributed by atoms with Crippen molar-refractivity contribution in [2.75, 3.05) is 27.2 Å². The van der Waals surface area contributed by atoms with E-state index in [4.69, 9.17) is 0 Å². The summed E-state index contributed by atoms with van der Waals surface area (Å²) in [5.41, 5.74) is 1.76. The van der Waals surface area contributed by atoms with Gasteiger partial charge in [-0.05, 0) is 24.5 Å². The van der Waals surface area contributed by atoms with Crippen LogP contribution in [0.15, 0.2) is 24.3 Å². The molecule has 0 aliphatic heterocycles. The van der Waals surface area contributed by atoms with Crippen LogP contribution in [0.2, 0.25) is 0 Å². The van der Waals surface area contributed by atoms with Gasteiger partial charge in [-0.1, -0.05) is 26.0 Å². The number of amides is 2. The van der Waals surface area contributed by atoms with Gasteiger partial charge in [0.2, 0.25) is 0 Å². The summed E-state index contributed by atoms with van der Waals surface area (Å²) >= 11 is 0. The molecule has 2 amide bonds. The fourth-order valence-corrected chi connectivity index (χ4v) is 2.17. The zero-order valence-corrected chi connectivity index (χ0v) is 14.0. The van der Waals surface area contributed by atoms with E-state index in [0.717, 1.165) is 30.0 Å². The summed E-state index contributed by atoms with van der Waals surface area (Å²) in [5.74, 6) is 0.598. The third-order valence-electron chi connectivity index (χ3n) is 3.46. The molecule has 0 aliphatic carbocycles. The van der Waals surface area contributed by atoms with Crippen molar-refractivity contribution in [1.29, 1.82) is 0 Å². The Morgan fingerprint density at radius 2 is 1.82 bits per heavy atom. The Hall–Kier alpha value is -1.88. The summed E-state index contributed by atoms with van der Waals surface area (Å²) in [6, 6.07) is 7.49. The molecule has 0 radical (unpaired) electrons. The minimum Gasteiger partial charge on any atom is -0.355 e. The third kappa shape index (κ3) is 6.72. The van der Waals surface area contributed by atoms with Crippen LogP contribution in [0.3, 0.4) is 0 Å². The monoisotopic (exact) mass is 306 g/mol. The van der Waals surface area contributed by atoms with Crippen molar-refractivity contribution < 1.29 is 14.5 Å². The molecule has 122 valence electrons. The van der Waals surface area contributed by atoms with E-state index in [9.17, 15) is 9.59 Å². The van der Waals surface area contributed by atoms with Gasteiger partial charge in [0.15, 0.2) is 6.54 Å². The van der Waals surface area contributed by atoms with Crippen LogP contribution in [0.5, 0.6) is 0 Å². The molecule has 0 spiro atoms. The molecule has 0 saturated carbocycles. The van der Waals surface area contributed by atoms with Crippen LogP contribution < -0.4 is 15.5 Å². The Morgan fingerprint density at radius 1 is 1.18 bits per heavy atom. The van der Waals surface area contributed by atoms with E-state index < -0.39 is 0 Å². The first-order chi connectivity index (χ1) is 10.4. The molecule has 5 heteroatoms. The fourth-order valence-electron chi connectivity index (χ4n) is 2.17. The Labute approximate surface area is 133 Å². The molecular weight excluding hydrogens is 278 g/mol. The summed E-state index contributed by atoms with van der Waals surface area (Å²) in [4.78, 5) is 24.4. The zero-order chi connectivity index (χ0) is 16.5. The number of benzene rings is 1. The van der Waals surface area contributed by atoms with Gasteiger partial charge < -0.3 is 15.5 Å². The third-order valence-corrected chi connectivity index (χ3v) is 3.46. The van der Waals surface area contributed by atoms with Crippen molar-refractivity contribution in [2.45, 2.75) is 26.8 Å². The van der Waals surface area contributed by atoms with Gasteiger partial charge in [-0.15, -0.1) is 0 Å². The summed E-state index contributed by atoms with van der Waals surface area (Å²) in [7, 11) is 3.61. The molecule has 1 atom stereocenters. The highest BCUT2D eigenvalue weighted by Crippen LogP contribution is 2.03. The Morgan fingerprint density at radius 3 is 2.36 bits per heavy atom. The molecule has 5 nitrogen and oxygen atoms in total. The predicted molar refractivity (Wildman–Crippen MR) is 87.8 cm³/mol. The number of likely N-dealkylation sites (N-methyl/N-ethyl adjacent to an activating group) is 1. The molecule has 0 saturated heterocycles. The molecule has 0 aromatic heterocycles. The highest BCUT2D eigenvalue weighted by Gasteiger charge is 2.11. The van der Waals surface area contributed by atoms with Gasteiger partial charge in [-0.2, -0.15) is 0 Å². The first kappa shape index (κ1) is 18.2. The van der Waals surface area contributed by atoms with Crippen molar-refractivity contribution >= 4 is 11.8 Å². The zero-order valence-electron chi connectivity index (χ0n) is 14.0. The molecule has 1 unspecified atom stereocenters. The average molecular weight is 306 g/mol. The van der Waals surface area contributed by atoms with Crippen molar-refractivity contribution in [3.8, 4) is 0 Å². The molecule has 3 N–H and O–H groups in total. The van der Waals surface area contributed by atoms with E-state index in [-0.39, 0.29) is 11.8 Å². The molecule has 0 aliphatic rings. The van der Waals surface area contributed by atoms with Crippen molar-refractivity contribution in [3.05, 3.63) is 35.4 Å². The topological polar surface area (TPSA) is 62.6 Å². The van der Waals surface area contributed by atoms with Gasteiger partial charge in [0, 0.05) is 24.7 Å². The van der Waals surface area contributed by atoms with Gasteiger partial charge >= 0.3 is 0 Å². The minimum atomic E-state index is -0.0863. The molecule has 0 fully saturated rings. The Kier molecular flexibility index (Phi) is 7.60. The predicted octanol–water partition coefficient (Wildman–Crippen LogP) is 0.223. The maximum Gasteiger partial charge on any atom is 0.275 e. The van der Waals surface area contributed by atoms with E-state index in [2.05, 4.69) is 24.5 Å². The SMILES string of the molecule is CNC(=O)c1ccc(C[NH+](C)CC(=O)NCCC(C)C)cc1. The number of hydrogen-bond donors (Lipinski definition) is 3. The standard InChI is InChI=1S/C17H27N3O2/c1-13(2)9-10-19-16(21)12-20(4)11-14-5-7-15(8-6-14)17(22)18-3/h5-8,13H,9-12H2,1-4H3,(H,18,22)(H,19,21)/p+1. The quantitative estimate of drug-likeness (QED) is 0.643. The largest absolute Gasteiger partial charge is 0.355 e. The molecule has 1 aromatic carbocycles. The normalized spacial score (nSPS) is 12.0. The lowest BCUT2D eigenvalue weighted by molar-refractivity contribution is -0.885. The maximum absolute atomic E-state index is 11.8. The number of hydrogen-bond acceptors (Lipinski definition) is 2. The maximum atomic E-state index is 11.8. The van der Waals surface area contributed by atoms with Gasteiger partial charge in [0.1, 0.15) is 6.54 Å². The van der Waals surface area contributed by atoms with Gasteiger partial charge in [-0.25, -0.2) is 0 Å². The summed E-state index contributed by atoms with van der Waals surface area (Å²) in [6.07, 6.45) is 1.01. The highest BCUT2D eigenvalue weighted by molar-refractivity contribution is 5.93. The van der Waals surface area contributed by atoms with Crippen LogP contribution in [0, 0.1) is 5.92 Å². The summed E-state index contributed by atoms with van der Waals surface area (Å²) in [6.45, 7) is 6.24. The Bertz CT molecular complexity index is 483. The summed E-state index contributed by atoms with van der Waals surface area (Å²) in [5, 5.41) is 5.55. The van der Waals surface area contributed by atoms with Crippen LogP contribution >= 0.6 is 0 Å². The number of quaternary nitrogens is 1. The van der Waals surface area contributed by atoms with Crippen LogP contribution in [0.1, 0.15) is 36.2 Å². The first-order valence-corrected chi connectivity index (χ1v) is 7.81. The molecule has 22 heavy (non-hydrogen) atoms. The minimum absolute atomic E-state index is 0.0835. The highest BCUT2D eigenvalue weighted by atomic mass is 16.2. The lowest BCUT2D eigenvalue weighted by atomic mass is 10.1. The second-order valence-corrected chi connectivity index (χ2v) is 6.12. The van der Waals surface area contributed by atoms with Gasteiger partial charge in [-0.3, -0.25) is 9.59 Å².